The maximum absolute atomic E-state index is 13.1. The highest BCUT2D eigenvalue weighted by Gasteiger charge is 2.39. The molecule has 114 valence electrons. The van der Waals surface area contributed by atoms with E-state index in [1.165, 1.54) is 12.8 Å². The van der Waals surface area contributed by atoms with E-state index in [0.29, 0.717) is 29.1 Å². The van der Waals surface area contributed by atoms with Gasteiger partial charge in [-0.1, -0.05) is 12.8 Å². The number of nitrogens with zero attached hydrogens (tertiary/aromatic N) is 1. The van der Waals surface area contributed by atoms with Crippen LogP contribution in [-0.4, -0.2) is 37.1 Å². The first-order valence-corrected chi connectivity index (χ1v) is 7.79. The fraction of sp³-hybridized carbons (Fsp3) is 0.588. The number of hydrogen-bond acceptors (Lipinski definition) is 3. The standard InChI is InChI=1S/C17H23NO3/c1-20-14-9-10-16(21-2)15(11-14)17(19)18(13-7-8-13)12-5-3-4-6-12/h9-13H,3-8H2,1-2H3. The van der Waals surface area contributed by atoms with Gasteiger partial charge in [-0.15, -0.1) is 0 Å². The number of hydrogen-bond donors (Lipinski definition) is 0. The van der Waals surface area contributed by atoms with Crippen molar-refractivity contribution in [2.75, 3.05) is 14.2 Å². The quantitative estimate of drug-likeness (QED) is 0.835. The molecule has 2 fully saturated rings. The van der Waals surface area contributed by atoms with Crippen molar-refractivity contribution in [1.82, 2.24) is 4.90 Å². The Kier molecular flexibility index (Phi) is 4.04. The van der Waals surface area contributed by atoms with Crippen LogP contribution in [0.15, 0.2) is 18.2 Å². The van der Waals surface area contributed by atoms with Crippen LogP contribution in [0.4, 0.5) is 0 Å². The fourth-order valence-corrected chi connectivity index (χ4v) is 3.29. The Morgan fingerprint density at radius 1 is 1.05 bits per heavy atom. The van der Waals surface area contributed by atoms with Gasteiger partial charge in [0.1, 0.15) is 11.5 Å². The molecule has 3 rings (SSSR count). The largest absolute Gasteiger partial charge is 0.497 e. The molecule has 0 radical (unpaired) electrons. The molecule has 0 bridgehead atoms. The number of amides is 1. The van der Waals surface area contributed by atoms with Crippen LogP contribution in [0.2, 0.25) is 0 Å². The fourth-order valence-electron chi connectivity index (χ4n) is 3.29. The molecular formula is C17H23NO3. The highest BCUT2D eigenvalue weighted by Crippen LogP contribution is 2.37. The molecule has 0 N–H and O–H groups in total. The van der Waals surface area contributed by atoms with Gasteiger partial charge in [0, 0.05) is 12.1 Å². The lowest BCUT2D eigenvalue weighted by Crippen LogP contribution is -2.40. The van der Waals surface area contributed by atoms with Crippen molar-refractivity contribution >= 4 is 5.91 Å². The van der Waals surface area contributed by atoms with Crippen molar-refractivity contribution in [3.63, 3.8) is 0 Å². The van der Waals surface area contributed by atoms with Crippen molar-refractivity contribution in [2.45, 2.75) is 50.6 Å². The highest BCUT2D eigenvalue weighted by molar-refractivity contribution is 5.98. The Morgan fingerprint density at radius 2 is 1.71 bits per heavy atom. The van der Waals surface area contributed by atoms with E-state index in [1.54, 1.807) is 20.3 Å². The summed E-state index contributed by atoms with van der Waals surface area (Å²) in [6, 6.07) is 6.27. The van der Waals surface area contributed by atoms with Gasteiger partial charge in [0.2, 0.25) is 0 Å². The molecule has 4 heteroatoms. The van der Waals surface area contributed by atoms with Crippen LogP contribution in [-0.2, 0) is 0 Å². The summed E-state index contributed by atoms with van der Waals surface area (Å²) in [5.74, 6) is 1.42. The van der Waals surface area contributed by atoms with Gasteiger partial charge < -0.3 is 14.4 Å². The Hall–Kier alpha value is -1.71. The zero-order valence-corrected chi connectivity index (χ0v) is 12.8. The van der Waals surface area contributed by atoms with Gasteiger partial charge in [-0.2, -0.15) is 0 Å². The zero-order valence-electron chi connectivity index (χ0n) is 12.8. The predicted molar refractivity (Wildman–Crippen MR) is 81.0 cm³/mol. The molecule has 1 aromatic rings. The van der Waals surface area contributed by atoms with Crippen molar-refractivity contribution in [3.8, 4) is 11.5 Å². The molecule has 0 unspecified atom stereocenters. The molecule has 2 saturated carbocycles. The van der Waals surface area contributed by atoms with E-state index >= 15 is 0 Å². The lowest BCUT2D eigenvalue weighted by Gasteiger charge is -2.29. The first-order valence-electron chi connectivity index (χ1n) is 7.79. The smallest absolute Gasteiger partial charge is 0.258 e. The molecule has 1 aromatic carbocycles. The summed E-state index contributed by atoms with van der Waals surface area (Å²) < 4.78 is 10.6. The minimum Gasteiger partial charge on any atom is -0.497 e. The van der Waals surface area contributed by atoms with Crippen molar-refractivity contribution < 1.29 is 14.3 Å². The van der Waals surface area contributed by atoms with Gasteiger partial charge in [0.05, 0.1) is 19.8 Å². The molecule has 2 aliphatic rings. The summed E-state index contributed by atoms with van der Waals surface area (Å²) in [4.78, 5) is 15.2. The average Bonchev–Trinajstić information content (AvgIpc) is 3.20. The number of rotatable bonds is 5. The number of methoxy groups -OCH3 is 2. The molecule has 0 aliphatic heterocycles. The molecular weight excluding hydrogens is 266 g/mol. The third-order valence-corrected chi connectivity index (χ3v) is 4.53. The molecule has 21 heavy (non-hydrogen) atoms. The summed E-state index contributed by atoms with van der Waals surface area (Å²) in [6.07, 6.45) is 7.00. The van der Waals surface area contributed by atoms with Gasteiger partial charge in [0.15, 0.2) is 0 Å². The summed E-state index contributed by atoms with van der Waals surface area (Å²) in [5, 5.41) is 0. The topological polar surface area (TPSA) is 38.8 Å². The summed E-state index contributed by atoms with van der Waals surface area (Å²) >= 11 is 0. The first-order chi connectivity index (χ1) is 10.2. The van der Waals surface area contributed by atoms with Crippen molar-refractivity contribution in [2.24, 2.45) is 0 Å². The molecule has 0 atom stereocenters. The monoisotopic (exact) mass is 289 g/mol. The number of carbonyl (C=O) groups excluding carboxylic acids is 1. The molecule has 0 spiro atoms. The number of carbonyl (C=O) groups is 1. The second-order valence-corrected chi connectivity index (χ2v) is 5.95. The lowest BCUT2D eigenvalue weighted by molar-refractivity contribution is 0.0660. The van der Waals surface area contributed by atoms with Crippen LogP contribution in [0.3, 0.4) is 0 Å². The Bertz CT molecular complexity index is 519. The minimum absolute atomic E-state index is 0.0974. The van der Waals surface area contributed by atoms with E-state index in [4.69, 9.17) is 9.47 Å². The molecule has 2 aliphatic carbocycles. The third kappa shape index (κ3) is 2.85. The van der Waals surface area contributed by atoms with Gasteiger partial charge in [0.25, 0.3) is 5.91 Å². The second-order valence-electron chi connectivity index (χ2n) is 5.95. The van der Waals surface area contributed by atoms with E-state index in [-0.39, 0.29) is 5.91 Å². The minimum atomic E-state index is 0.0974. The molecule has 0 aromatic heterocycles. The van der Waals surface area contributed by atoms with Crippen molar-refractivity contribution in [1.29, 1.82) is 0 Å². The van der Waals surface area contributed by atoms with Crippen LogP contribution in [0, 0.1) is 0 Å². The lowest BCUT2D eigenvalue weighted by atomic mass is 10.1. The Morgan fingerprint density at radius 3 is 2.29 bits per heavy atom. The normalized spacial score (nSPS) is 18.6. The van der Waals surface area contributed by atoms with E-state index in [0.717, 1.165) is 25.7 Å². The van der Waals surface area contributed by atoms with Gasteiger partial charge in [-0.25, -0.2) is 0 Å². The van der Waals surface area contributed by atoms with Gasteiger partial charge in [-0.05, 0) is 43.9 Å². The number of ether oxygens (including phenoxy) is 2. The van der Waals surface area contributed by atoms with E-state index in [2.05, 4.69) is 4.90 Å². The van der Waals surface area contributed by atoms with Crippen LogP contribution >= 0.6 is 0 Å². The first kappa shape index (κ1) is 14.2. The summed E-state index contributed by atoms with van der Waals surface area (Å²) in [6.45, 7) is 0. The van der Waals surface area contributed by atoms with Crippen LogP contribution in [0.1, 0.15) is 48.9 Å². The van der Waals surface area contributed by atoms with E-state index in [9.17, 15) is 4.79 Å². The van der Waals surface area contributed by atoms with Crippen molar-refractivity contribution in [3.05, 3.63) is 23.8 Å². The van der Waals surface area contributed by atoms with Gasteiger partial charge >= 0.3 is 0 Å². The maximum Gasteiger partial charge on any atom is 0.258 e. The molecule has 4 nitrogen and oxygen atoms in total. The zero-order chi connectivity index (χ0) is 14.8. The van der Waals surface area contributed by atoms with E-state index in [1.807, 2.05) is 12.1 Å². The average molecular weight is 289 g/mol. The van der Waals surface area contributed by atoms with Gasteiger partial charge in [-0.3, -0.25) is 4.79 Å². The maximum atomic E-state index is 13.1. The van der Waals surface area contributed by atoms with E-state index < -0.39 is 0 Å². The Balaban J connectivity index is 1.91. The SMILES string of the molecule is COc1ccc(OC)c(C(=O)N(C2CCCC2)C2CC2)c1. The third-order valence-electron chi connectivity index (χ3n) is 4.53. The van der Waals surface area contributed by atoms with Crippen LogP contribution in [0.25, 0.3) is 0 Å². The summed E-state index contributed by atoms with van der Waals surface area (Å²) in [5.41, 5.74) is 0.621. The van der Waals surface area contributed by atoms with Crippen LogP contribution < -0.4 is 9.47 Å². The highest BCUT2D eigenvalue weighted by atomic mass is 16.5. The Labute approximate surface area is 126 Å². The second kappa shape index (κ2) is 5.96. The number of benzene rings is 1. The summed E-state index contributed by atoms with van der Waals surface area (Å²) in [7, 11) is 3.22. The predicted octanol–water partition coefficient (Wildman–Crippen LogP) is 3.25. The molecule has 0 saturated heterocycles. The van der Waals surface area contributed by atoms with Crippen LogP contribution in [0.5, 0.6) is 11.5 Å². The molecule has 0 heterocycles. The molecule has 1 amide bonds.